The van der Waals surface area contributed by atoms with Crippen LogP contribution >= 0.6 is 23.4 Å². The average molecular weight is 430 g/mol. The Kier molecular flexibility index (Phi) is 5.68. The summed E-state index contributed by atoms with van der Waals surface area (Å²) < 4.78 is 17.9. The first-order chi connectivity index (χ1) is 14.2. The van der Waals surface area contributed by atoms with Crippen molar-refractivity contribution in [2.24, 2.45) is 0 Å². The van der Waals surface area contributed by atoms with Gasteiger partial charge in [0.05, 0.1) is 31.2 Å². The minimum absolute atomic E-state index is 0.435. The third-order valence-corrected chi connectivity index (χ3v) is 5.21. The van der Waals surface area contributed by atoms with Crippen molar-refractivity contribution in [3.05, 3.63) is 59.7 Å². The van der Waals surface area contributed by atoms with Crippen LogP contribution in [0.5, 0.6) is 11.5 Å². The number of halogens is 1. The maximum atomic E-state index is 6.08. The van der Waals surface area contributed by atoms with Crippen molar-refractivity contribution in [1.82, 2.24) is 24.9 Å². The Morgan fingerprint density at radius 2 is 2.03 bits per heavy atom. The molecule has 29 heavy (non-hydrogen) atoms. The fourth-order valence-electron chi connectivity index (χ4n) is 2.66. The summed E-state index contributed by atoms with van der Waals surface area (Å²) in [7, 11) is 3.18. The van der Waals surface area contributed by atoms with E-state index >= 15 is 0 Å². The Bertz CT molecular complexity index is 1130. The van der Waals surface area contributed by atoms with E-state index in [0.29, 0.717) is 39.1 Å². The molecule has 0 saturated carbocycles. The largest absolute Gasteiger partial charge is 0.497 e. The summed E-state index contributed by atoms with van der Waals surface area (Å²) in [4.78, 5) is 4.46. The molecule has 0 bridgehead atoms. The van der Waals surface area contributed by atoms with Gasteiger partial charge in [0.15, 0.2) is 5.16 Å². The number of nitrogens with zero attached hydrogens (tertiary/aromatic N) is 5. The highest BCUT2D eigenvalue weighted by Gasteiger charge is 2.16. The number of hydrogen-bond donors (Lipinski definition) is 0. The Labute approximate surface area is 175 Å². The van der Waals surface area contributed by atoms with Crippen LogP contribution < -0.4 is 9.47 Å². The molecule has 2 aromatic heterocycles. The Morgan fingerprint density at radius 1 is 1.14 bits per heavy atom. The van der Waals surface area contributed by atoms with Gasteiger partial charge in [0.1, 0.15) is 17.8 Å². The van der Waals surface area contributed by atoms with Gasteiger partial charge in [-0.2, -0.15) is 4.98 Å². The first-order valence-corrected chi connectivity index (χ1v) is 9.88. The molecule has 4 rings (SSSR count). The van der Waals surface area contributed by atoms with Crippen molar-refractivity contribution in [3.63, 3.8) is 0 Å². The van der Waals surface area contributed by atoms with Gasteiger partial charge in [-0.05, 0) is 30.3 Å². The molecule has 0 radical (unpaired) electrons. The van der Waals surface area contributed by atoms with E-state index in [4.69, 9.17) is 25.6 Å². The van der Waals surface area contributed by atoms with Crippen LogP contribution in [0.3, 0.4) is 0 Å². The van der Waals surface area contributed by atoms with Crippen LogP contribution in [0.25, 0.3) is 17.1 Å². The molecule has 148 valence electrons. The SMILES string of the molecule is COc1ccc(-c2noc(CSc3nncn3-c3cccc(Cl)c3)n2)c(OC)c1. The monoisotopic (exact) mass is 429 g/mol. The quantitative estimate of drug-likeness (QED) is 0.402. The van der Waals surface area contributed by atoms with E-state index < -0.39 is 0 Å². The van der Waals surface area contributed by atoms with Crippen molar-refractivity contribution in [1.29, 1.82) is 0 Å². The highest BCUT2D eigenvalue weighted by atomic mass is 35.5. The van der Waals surface area contributed by atoms with E-state index in [9.17, 15) is 0 Å². The zero-order valence-electron chi connectivity index (χ0n) is 15.6. The number of ether oxygens (including phenoxy) is 2. The number of methoxy groups -OCH3 is 2. The summed E-state index contributed by atoms with van der Waals surface area (Å²) in [5, 5.41) is 13.5. The lowest BCUT2D eigenvalue weighted by Gasteiger charge is -2.07. The fraction of sp³-hybridized carbons (Fsp3) is 0.158. The third kappa shape index (κ3) is 4.20. The molecule has 0 N–H and O–H groups in total. The molecular formula is C19H16ClN5O3S. The van der Waals surface area contributed by atoms with E-state index in [-0.39, 0.29) is 0 Å². The molecule has 10 heteroatoms. The maximum Gasteiger partial charge on any atom is 0.237 e. The molecule has 8 nitrogen and oxygen atoms in total. The van der Waals surface area contributed by atoms with Gasteiger partial charge >= 0.3 is 0 Å². The van der Waals surface area contributed by atoms with Crippen molar-refractivity contribution in [3.8, 4) is 28.6 Å². The number of thioether (sulfide) groups is 1. The lowest BCUT2D eigenvalue weighted by atomic mass is 10.2. The molecule has 0 saturated heterocycles. The van der Waals surface area contributed by atoms with Crippen molar-refractivity contribution in [2.75, 3.05) is 14.2 Å². The average Bonchev–Trinajstić information content (AvgIpc) is 3.41. The Balaban J connectivity index is 1.51. The highest BCUT2D eigenvalue weighted by Crippen LogP contribution is 2.32. The van der Waals surface area contributed by atoms with Crippen LogP contribution in [0.4, 0.5) is 0 Å². The summed E-state index contributed by atoms with van der Waals surface area (Å²) in [5.41, 5.74) is 1.59. The Morgan fingerprint density at radius 3 is 2.83 bits per heavy atom. The first kappa shape index (κ1) is 19.3. The maximum absolute atomic E-state index is 6.08. The zero-order chi connectivity index (χ0) is 20.2. The minimum atomic E-state index is 0.435. The number of rotatable bonds is 7. The predicted octanol–water partition coefficient (Wildman–Crippen LogP) is 4.28. The van der Waals surface area contributed by atoms with Gasteiger partial charge in [0.25, 0.3) is 0 Å². The predicted molar refractivity (Wildman–Crippen MR) is 109 cm³/mol. The van der Waals surface area contributed by atoms with Crippen molar-refractivity contribution < 1.29 is 14.0 Å². The van der Waals surface area contributed by atoms with E-state index in [1.165, 1.54) is 11.8 Å². The van der Waals surface area contributed by atoms with Gasteiger partial charge in [0, 0.05) is 11.1 Å². The normalized spacial score (nSPS) is 10.9. The summed E-state index contributed by atoms with van der Waals surface area (Å²) in [6.07, 6.45) is 1.63. The Hall–Kier alpha value is -3.04. The van der Waals surface area contributed by atoms with E-state index in [2.05, 4.69) is 20.3 Å². The molecule has 0 aliphatic heterocycles. The summed E-state index contributed by atoms with van der Waals surface area (Å²) >= 11 is 7.51. The molecule has 0 unspecified atom stereocenters. The number of benzene rings is 2. The standard InChI is InChI=1S/C19H16ClN5O3S/c1-26-14-6-7-15(16(9-14)27-2)18-22-17(28-24-18)10-29-19-23-21-11-25(19)13-5-3-4-12(20)8-13/h3-9,11H,10H2,1-2H3. The molecule has 0 amide bonds. The van der Waals surface area contributed by atoms with Gasteiger partial charge in [-0.15, -0.1) is 10.2 Å². The second-order valence-electron chi connectivity index (χ2n) is 5.83. The van der Waals surface area contributed by atoms with Crippen LogP contribution in [0.15, 0.2) is 58.5 Å². The molecule has 0 atom stereocenters. The van der Waals surface area contributed by atoms with Crippen LogP contribution in [0.2, 0.25) is 5.02 Å². The lowest BCUT2D eigenvalue weighted by Crippen LogP contribution is -1.95. The van der Waals surface area contributed by atoms with Gasteiger partial charge in [-0.3, -0.25) is 4.57 Å². The second kappa shape index (κ2) is 8.54. The molecule has 0 fully saturated rings. The van der Waals surface area contributed by atoms with E-state index in [0.717, 1.165) is 11.3 Å². The smallest absolute Gasteiger partial charge is 0.237 e. The molecule has 0 aliphatic carbocycles. The minimum Gasteiger partial charge on any atom is -0.497 e. The fourth-order valence-corrected chi connectivity index (χ4v) is 3.61. The molecule has 0 aliphatic rings. The molecule has 0 spiro atoms. The van der Waals surface area contributed by atoms with Crippen LogP contribution in [0.1, 0.15) is 5.89 Å². The molecule has 2 aromatic carbocycles. The zero-order valence-corrected chi connectivity index (χ0v) is 17.1. The first-order valence-electron chi connectivity index (χ1n) is 8.51. The van der Waals surface area contributed by atoms with Crippen molar-refractivity contribution in [2.45, 2.75) is 10.9 Å². The second-order valence-corrected chi connectivity index (χ2v) is 7.21. The molecule has 4 aromatic rings. The topological polar surface area (TPSA) is 88.1 Å². The van der Waals surface area contributed by atoms with Crippen LogP contribution in [0, 0.1) is 0 Å². The molecular weight excluding hydrogens is 414 g/mol. The third-order valence-electron chi connectivity index (χ3n) is 4.05. The van der Waals surface area contributed by atoms with E-state index in [1.54, 1.807) is 26.6 Å². The van der Waals surface area contributed by atoms with Gasteiger partial charge in [-0.25, -0.2) is 0 Å². The summed E-state index contributed by atoms with van der Waals surface area (Å²) in [6.45, 7) is 0. The lowest BCUT2D eigenvalue weighted by molar-refractivity contribution is 0.388. The van der Waals surface area contributed by atoms with E-state index in [1.807, 2.05) is 41.0 Å². The van der Waals surface area contributed by atoms with Gasteiger partial charge < -0.3 is 14.0 Å². The van der Waals surface area contributed by atoms with Gasteiger partial charge in [-0.1, -0.05) is 34.6 Å². The van der Waals surface area contributed by atoms with Crippen molar-refractivity contribution >= 4 is 23.4 Å². The number of hydrogen-bond acceptors (Lipinski definition) is 8. The van der Waals surface area contributed by atoms with Crippen LogP contribution in [-0.2, 0) is 5.75 Å². The highest BCUT2D eigenvalue weighted by molar-refractivity contribution is 7.98. The summed E-state index contributed by atoms with van der Waals surface area (Å²) in [6, 6.07) is 12.9. The number of aromatic nitrogens is 5. The summed E-state index contributed by atoms with van der Waals surface area (Å²) in [5.74, 6) is 2.63. The molecule has 2 heterocycles. The van der Waals surface area contributed by atoms with Gasteiger partial charge in [0.2, 0.25) is 11.7 Å². The van der Waals surface area contributed by atoms with Crippen LogP contribution in [-0.4, -0.2) is 39.1 Å².